The fraction of sp³-hybridized carbons (Fsp3) is 0.346. The Morgan fingerprint density at radius 2 is 1.68 bits per heavy atom. The van der Waals surface area contributed by atoms with E-state index in [-0.39, 0.29) is 17.6 Å². The number of H-pyrrole nitrogens is 1. The largest absolute Gasteiger partial charge is 0.480 e. The SMILES string of the molecule is CC(=O)c1ccc(N2CCN([C@H](C(=O)O)c3c[nH]c4cc(NC(=O)C(C)C)ccc34)CC2)cc1. The van der Waals surface area contributed by atoms with Gasteiger partial charge >= 0.3 is 5.97 Å². The van der Waals surface area contributed by atoms with Crippen LogP contribution in [0, 0.1) is 5.92 Å². The molecule has 0 bridgehead atoms. The number of ketones is 1. The molecule has 3 aromatic rings. The molecule has 1 atom stereocenters. The summed E-state index contributed by atoms with van der Waals surface area (Å²) in [7, 11) is 0. The number of carboxylic acids is 1. The molecule has 8 heteroatoms. The fourth-order valence-electron chi connectivity index (χ4n) is 4.37. The van der Waals surface area contributed by atoms with E-state index in [1.807, 2.05) is 61.2 Å². The van der Waals surface area contributed by atoms with E-state index in [9.17, 15) is 19.5 Å². The van der Waals surface area contributed by atoms with Crippen LogP contribution in [0.3, 0.4) is 0 Å². The zero-order valence-corrected chi connectivity index (χ0v) is 19.7. The third kappa shape index (κ3) is 4.82. The third-order valence-corrected chi connectivity index (χ3v) is 6.35. The Balaban J connectivity index is 1.50. The lowest BCUT2D eigenvalue weighted by Gasteiger charge is -2.38. The number of amides is 1. The van der Waals surface area contributed by atoms with E-state index in [0.29, 0.717) is 43.0 Å². The highest BCUT2D eigenvalue weighted by Crippen LogP contribution is 2.31. The summed E-state index contributed by atoms with van der Waals surface area (Å²) in [5.74, 6) is -1.05. The quantitative estimate of drug-likeness (QED) is 0.460. The second-order valence-electron chi connectivity index (χ2n) is 9.02. The highest BCUT2D eigenvalue weighted by atomic mass is 16.4. The molecule has 178 valence electrons. The van der Waals surface area contributed by atoms with E-state index in [1.165, 1.54) is 0 Å². The summed E-state index contributed by atoms with van der Waals surface area (Å²) in [5.41, 5.74) is 3.88. The molecule has 1 fully saturated rings. The van der Waals surface area contributed by atoms with Crippen molar-refractivity contribution in [2.45, 2.75) is 26.8 Å². The molecular formula is C26H30N4O4. The van der Waals surface area contributed by atoms with Crippen molar-refractivity contribution < 1.29 is 19.5 Å². The van der Waals surface area contributed by atoms with Gasteiger partial charge in [0.25, 0.3) is 0 Å². The maximum Gasteiger partial charge on any atom is 0.325 e. The number of carbonyl (C=O) groups excluding carboxylic acids is 2. The highest BCUT2D eigenvalue weighted by molar-refractivity contribution is 5.96. The van der Waals surface area contributed by atoms with E-state index >= 15 is 0 Å². The van der Waals surface area contributed by atoms with Gasteiger partial charge in [0.05, 0.1) is 0 Å². The molecule has 0 unspecified atom stereocenters. The Hall–Kier alpha value is -3.65. The second kappa shape index (κ2) is 9.69. The number of piperazine rings is 1. The molecule has 1 saturated heterocycles. The predicted molar refractivity (Wildman–Crippen MR) is 132 cm³/mol. The lowest BCUT2D eigenvalue weighted by Crippen LogP contribution is -2.49. The van der Waals surface area contributed by atoms with Gasteiger partial charge in [-0.1, -0.05) is 19.9 Å². The number of aromatic amines is 1. The molecular weight excluding hydrogens is 432 g/mol. The molecule has 1 aliphatic heterocycles. The van der Waals surface area contributed by atoms with E-state index in [1.54, 1.807) is 13.1 Å². The maximum atomic E-state index is 12.3. The van der Waals surface area contributed by atoms with Crippen molar-refractivity contribution in [2.75, 3.05) is 36.4 Å². The van der Waals surface area contributed by atoms with Crippen molar-refractivity contribution in [1.29, 1.82) is 0 Å². The van der Waals surface area contributed by atoms with E-state index in [2.05, 4.69) is 15.2 Å². The first-order valence-corrected chi connectivity index (χ1v) is 11.5. The highest BCUT2D eigenvalue weighted by Gasteiger charge is 2.32. The minimum Gasteiger partial charge on any atom is -0.480 e. The molecule has 0 spiro atoms. The topological polar surface area (TPSA) is 106 Å². The predicted octanol–water partition coefficient (Wildman–Crippen LogP) is 3.91. The number of Topliss-reactive ketones (excluding diaryl/α,β-unsaturated/α-hetero) is 1. The summed E-state index contributed by atoms with van der Waals surface area (Å²) in [6.45, 7) is 7.79. The van der Waals surface area contributed by atoms with E-state index in [4.69, 9.17) is 0 Å². The summed E-state index contributed by atoms with van der Waals surface area (Å²) in [5, 5.41) is 13.8. The molecule has 0 radical (unpaired) electrons. The molecule has 2 heterocycles. The number of carboxylic acid groups (broad SMARTS) is 1. The van der Waals surface area contributed by atoms with Crippen molar-refractivity contribution in [2.24, 2.45) is 5.92 Å². The van der Waals surface area contributed by atoms with Crippen LogP contribution < -0.4 is 10.2 Å². The number of nitrogens with one attached hydrogen (secondary N) is 2. The first-order valence-electron chi connectivity index (χ1n) is 11.5. The van der Waals surface area contributed by atoms with Crippen molar-refractivity contribution in [1.82, 2.24) is 9.88 Å². The minimum atomic E-state index is -0.891. The van der Waals surface area contributed by atoms with Crippen LogP contribution in [0.1, 0.15) is 42.7 Å². The number of carbonyl (C=O) groups is 3. The summed E-state index contributed by atoms with van der Waals surface area (Å²) < 4.78 is 0. The fourth-order valence-corrected chi connectivity index (χ4v) is 4.37. The Kier molecular flexibility index (Phi) is 6.70. The normalized spacial score (nSPS) is 15.5. The summed E-state index contributed by atoms with van der Waals surface area (Å²) in [6.07, 6.45) is 1.75. The van der Waals surface area contributed by atoms with Gasteiger partial charge in [0.2, 0.25) is 5.91 Å². The van der Waals surface area contributed by atoms with E-state index in [0.717, 1.165) is 16.6 Å². The monoisotopic (exact) mass is 462 g/mol. The summed E-state index contributed by atoms with van der Waals surface area (Å²) in [4.78, 5) is 43.2. The first kappa shape index (κ1) is 23.5. The Labute approximate surface area is 198 Å². The van der Waals surface area contributed by atoms with Crippen LogP contribution in [0.4, 0.5) is 11.4 Å². The molecule has 1 aromatic heterocycles. The van der Waals surface area contributed by atoms with Crippen LogP contribution >= 0.6 is 0 Å². The van der Waals surface area contributed by atoms with Gasteiger partial charge in [-0.05, 0) is 43.3 Å². The van der Waals surface area contributed by atoms with Gasteiger partial charge in [-0.15, -0.1) is 0 Å². The Morgan fingerprint density at radius 3 is 2.26 bits per heavy atom. The van der Waals surface area contributed by atoms with Crippen LogP contribution in [-0.2, 0) is 9.59 Å². The maximum absolute atomic E-state index is 12.3. The molecule has 1 aliphatic rings. The van der Waals surface area contributed by atoms with Crippen molar-refractivity contribution in [3.8, 4) is 0 Å². The zero-order chi connectivity index (χ0) is 24.4. The van der Waals surface area contributed by atoms with Crippen LogP contribution in [-0.4, -0.2) is 58.8 Å². The lowest BCUT2D eigenvalue weighted by atomic mass is 10.0. The number of fused-ring (bicyclic) bond motifs is 1. The first-order chi connectivity index (χ1) is 16.2. The lowest BCUT2D eigenvalue weighted by molar-refractivity contribution is -0.143. The molecule has 34 heavy (non-hydrogen) atoms. The van der Waals surface area contributed by atoms with Crippen molar-refractivity contribution in [3.63, 3.8) is 0 Å². The zero-order valence-electron chi connectivity index (χ0n) is 19.7. The minimum absolute atomic E-state index is 0.0359. The molecule has 0 aliphatic carbocycles. The van der Waals surface area contributed by atoms with Crippen LogP contribution in [0.5, 0.6) is 0 Å². The number of rotatable bonds is 7. The molecule has 2 aromatic carbocycles. The molecule has 8 nitrogen and oxygen atoms in total. The average molecular weight is 463 g/mol. The summed E-state index contributed by atoms with van der Waals surface area (Å²) in [6, 6.07) is 12.3. The Bertz CT molecular complexity index is 1210. The average Bonchev–Trinajstić information content (AvgIpc) is 3.22. The molecule has 4 rings (SSSR count). The molecule has 3 N–H and O–H groups in total. The standard InChI is InChI=1S/C26H30N4O4/c1-16(2)25(32)28-19-6-9-21-22(15-27-23(21)14-19)24(26(33)34)30-12-10-29(11-13-30)20-7-4-18(5-8-20)17(3)31/h4-9,14-16,24,27H,10-13H2,1-3H3,(H,28,32)(H,33,34)/t24-/m0/s1. The smallest absolute Gasteiger partial charge is 0.325 e. The van der Waals surface area contributed by atoms with Gasteiger partial charge in [-0.2, -0.15) is 0 Å². The van der Waals surface area contributed by atoms with Crippen molar-refractivity contribution >= 4 is 39.9 Å². The molecule has 0 saturated carbocycles. The number of aliphatic carboxylic acids is 1. The van der Waals surface area contributed by atoms with Gasteiger partial charge in [0, 0.05) is 71.7 Å². The number of nitrogens with zero attached hydrogens (tertiary/aromatic N) is 2. The number of benzene rings is 2. The molecule has 1 amide bonds. The second-order valence-corrected chi connectivity index (χ2v) is 9.02. The van der Waals surface area contributed by atoms with Gasteiger partial charge in [0.15, 0.2) is 5.78 Å². The number of hydrogen-bond donors (Lipinski definition) is 3. The third-order valence-electron chi connectivity index (χ3n) is 6.35. The van der Waals surface area contributed by atoms with Crippen LogP contribution in [0.15, 0.2) is 48.7 Å². The van der Waals surface area contributed by atoms with Crippen LogP contribution in [0.2, 0.25) is 0 Å². The summed E-state index contributed by atoms with van der Waals surface area (Å²) >= 11 is 0. The van der Waals surface area contributed by atoms with Gasteiger partial charge in [0.1, 0.15) is 6.04 Å². The van der Waals surface area contributed by atoms with Gasteiger partial charge < -0.3 is 20.3 Å². The number of aromatic nitrogens is 1. The van der Waals surface area contributed by atoms with Gasteiger partial charge in [-0.3, -0.25) is 19.3 Å². The van der Waals surface area contributed by atoms with Crippen LogP contribution in [0.25, 0.3) is 10.9 Å². The van der Waals surface area contributed by atoms with Gasteiger partial charge in [-0.25, -0.2) is 0 Å². The van der Waals surface area contributed by atoms with Crippen molar-refractivity contribution in [3.05, 3.63) is 59.8 Å². The number of hydrogen-bond acceptors (Lipinski definition) is 5. The van der Waals surface area contributed by atoms with E-state index < -0.39 is 12.0 Å². The number of anilines is 2. The Morgan fingerprint density at radius 1 is 1.00 bits per heavy atom.